The van der Waals surface area contributed by atoms with Gasteiger partial charge in [-0.3, -0.25) is 0 Å². The molecule has 238 valence electrons. The van der Waals surface area contributed by atoms with Crippen LogP contribution >= 0.6 is 11.3 Å². The molecule has 11 aromatic rings. The fourth-order valence-electron chi connectivity index (χ4n) is 7.48. The van der Waals surface area contributed by atoms with Crippen molar-refractivity contribution in [3.05, 3.63) is 158 Å². The molecule has 0 fully saturated rings. The van der Waals surface area contributed by atoms with Gasteiger partial charge in [-0.05, 0) is 54.6 Å². The molecule has 11 rings (SSSR count). The summed E-state index contributed by atoms with van der Waals surface area (Å²) in [4.78, 5) is 15.4. The van der Waals surface area contributed by atoms with Gasteiger partial charge < -0.3 is 8.98 Å². The molecule has 4 heterocycles. The summed E-state index contributed by atoms with van der Waals surface area (Å²) in [5.41, 5.74) is 7.75. The van der Waals surface area contributed by atoms with Crippen LogP contribution in [0.1, 0.15) is 0 Å². The number of rotatable bonds is 4. The lowest BCUT2D eigenvalue weighted by Crippen LogP contribution is -2.01. The third-order valence-electron chi connectivity index (χ3n) is 9.85. The maximum absolute atomic E-state index is 6.28. The molecule has 0 radical (unpaired) electrons. The van der Waals surface area contributed by atoms with Crippen LogP contribution in [-0.2, 0) is 0 Å². The third kappa shape index (κ3) is 4.43. The quantitative estimate of drug-likeness (QED) is 0.187. The number of fused-ring (bicyclic) bond motifs is 9. The van der Waals surface area contributed by atoms with E-state index in [1.807, 2.05) is 24.3 Å². The van der Waals surface area contributed by atoms with Gasteiger partial charge in [-0.15, -0.1) is 11.3 Å². The van der Waals surface area contributed by atoms with Crippen molar-refractivity contribution in [2.75, 3.05) is 0 Å². The lowest BCUT2D eigenvalue weighted by atomic mass is 10.1. The van der Waals surface area contributed by atoms with Gasteiger partial charge in [0.1, 0.15) is 11.2 Å². The van der Waals surface area contributed by atoms with Crippen LogP contribution in [0.2, 0.25) is 0 Å². The zero-order valence-electron chi connectivity index (χ0n) is 27.1. The van der Waals surface area contributed by atoms with Crippen molar-refractivity contribution in [2.45, 2.75) is 0 Å². The Kier molecular flexibility index (Phi) is 6.05. The normalized spacial score (nSPS) is 11.9. The zero-order chi connectivity index (χ0) is 33.5. The number of hydrogen-bond donors (Lipinski definition) is 0. The van der Waals surface area contributed by atoms with Gasteiger partial charge in [0, 0.05) is 64.1 Å². The van der Waals surface area contributed by atoms with E-state index in [0.29, 0.717) is 17.5 Å². The van der Waals surface area contributed by atoms with E-state index in [-0.39, 0.29) is 0 Å². The number of aromatic nitrogens is 4. The molecule has 0 saturated carbocycles. The van der Waals surface area contributed by atoms with Crippen LogP contribution in [0.25, 0.3) is 104 Å². The van der Waals surface area contributed by atoms with Crippen molar-refractivity contribution in [2.24, 2.45) is 0 Å². The topological polar surface area (TPSA) is 56.7 Å². The molecule has 7 aromatic carbocycles. The number of furan rings is 1. The largest absolute Gasteiger partial charge is 0.456 e. The zero-order valence-corrected chi connectivity index (χ0v) is 27.9. The fourth-order valence-corrected chi connectivity index (χ4v) is 8.62. The summed E-state index contributed by atoms with van der Waals surface area (Å²) >= 11 is 1.79. The van der Waals surface area contributed by atoms with Crippen LogP contribution in [0.15, 0.2) is 162 Å². The minimum atomic E-state index is 0.594. The second-order valence-electron chi connectivity index (χ2n) is 12.8. The van der Waals surface area contributed by atoms with Gasteiger partial charge in [0.05, 0.1) is 11.0 Å². The van der Waals surface area contributed by atoms with Gasteiger partial charge >= 0.3 is 0 Å². The Balaban J connectivity index is 1.12. The average Bonchev–Trinajstić information content (AvgIpc) is 3.86. The SMILES string of the molecule is c1cc(-c2nc(-c3ccc4c(c3)oc3ccccc34)nc(-c3ccc4c(c3)sc3ccccc34)n2)cc(-n2c3ccccc3c3ccccc32)c1. The summed E-state index contributed by atoms with van der Waals surface area (Å²) in [5.74, 6) is 1.83. The second kappa shape index (κ2) is 10.9. The smallest absolute Gasteiger partial charge is 0.164 e. The number of benzene rings is 7. The molecule has 0 saturated heterocycles. The van der Waals surface area contributed by atoms with Crippen molar-refractivity contribution < 1.29 is 4.42 Å². The molecule has 0 unspecified atom stereocenters. The van der Waals surface area contributed by atoms with E-state index in [0.717, 1.165) is 55.3 Å². The Hall–Kier alpha value is -6.63. The third-order valence-corrected chi connectivity index (χ3v) is 11.0. The first-order valence-corrected chi connectivity index (χ1v) is 17.8. The minimum absolute atomic E-state index is 0.594. The first kappa shape index (κ1) is 28.2. The highest BCUT2D eigenvalue weighted by atomic mass is 32.1. The standard InChI is InChI=1S/C45H26N4OS/c1-5-16-37-31(12-1)32-13-2-6-17-38(32)49(37)30-11-9-10-27(24-30)43-46-44(28-20-22-34-33-14-3-7-18-39(33)50-40(34)25-28)48-45(47-43)29-21-23-36-35-15-4-8-19-41(35)51-42(36)26-29/h1-26H. The lowest BCUT2D eigenvalue weighted by molar-refractivity contribution is 0.669. The molecule has 0 amide bonds. The molecule has 0 N–H and O–H groups in total. The Labute approximate surface area is 295 Å². The van der Waals surface area contributed by atoms with Gasteiger partial charge in [0.15, 0.2) is 17.5 Å². The Morgan fingerprint density at radius 3 is 1.69 bits per heavy atom. The van der Waals surface area contributed by atoms with Crippen LogP contribution in [0.5, 0.6) is 0 Å². The van der Waals surface area contributed by atoms with Crippen molar-refractivity contribution in [3.63, 3.8) is 0 Å². The van der Waals surface area contributed by atoms with Crippen LogP contribution in [0, 0.1) is 0 Å². The predicted octanol–water partition coefficient (Wildman–Crippen LogP) is 12.2. The summed E-state index contributed by atoms with van der Waals surface area (Å²) in [5, 5.41) is 7.11. The molecule has 5 nitrogen and oxygen atoms in total. The number of hydrogen-bond acceptors (Lipinski definition) is 5. The molecule has 0 aliphatic carbocycles. The summed E-state index contributed by atoms with van der Waals surface area (Å²) < 4.78 is 11.1. The van der Waals surface area contributed by atoms with Gasteiger partial charge in [-0.25, -0.2) is 15.0 Å². The molecule has 0 spiro atoms. The highest BCUT2D eigenvalue weighted by Crippen LogP contribution is 2.38. The summed E-state index contributed by atoms with van der Waals surface area (Å²) in [6.07, 6.45) is 0. The van der Waals surface area contributed by atoms with Crippen molar-refractivity contribution in [1.82, 2.24) is 19.5 Å². The van der Waals surface area contributed by atoms with Crippen LogP contribution in [0.3, 0.4) is 0 Å². The lowest BCUT2D eigenvalue weighted by Gasteiger charge is -2.11. The van der Waals surface area contributed by atoms with Crippen molar-refractivity contribution in [1.29, 1.82) is 0 Å². The van der Waals surface area contributed by atoms with Crippen LogP contribution in [-0.4, -0.2) is 19.5 Å². The number of thiophene rings is 1. The van der Waals surface area contributed by atoms with Crippen LogP contribution in [0.4, 0.5) is 0 Å². The monoisotopic (exact) mass is 670 g/mol. The highest BCUT2D eigenvalue weighted by molar-refractivity contribution is 7.25. The summed E-state index contributed by atoms with van der Waals surface area (Å²) in [6.45, 7) is 0. The summed E-state index contributed by atoms with van der Waals surface area (Å²) in [6, 6.07) is 55.1. The molecule has 0 aliphatic rings. The molecular weight excluding hydrogens is 645 g/mol. The Morgan fingerprint density at radius 2 is 0.941 bits per heavy atom. The van der Waals surface area contributed by atoms with Gasteiger partial charge in [-0.1, -0.05) is 103 Å². The van der Waals surface area contributed by atoms with Gasteiger partial charge in [0.2, 0.25) is 0 Å². The second-order valence-corrected chi connectivity index (χ2v) is 13.9. The summed E-state index contributed by atoms with van der Waals surface area (Å²) in [7, 11) is 0. The molecular formula is C45H26N4OS. The minimum Gasteiger partial charge on any atom is -0.456 e. The van der Waals surface area contributed by atoms with Gasteiger partial charge in [-0.2, -0.15) is 0 Å². The molecule has 6 heteroatoms. The fraction of sp³-hybridized carbons (Fsp3) is 0. The first-order chi connectivity index (χ1) is 25.2. The number of nitrogens with zero attached hydrogens (tertiary/aromatic N) is 4. The molecule has 0 aliphatic heterocycles. The molecule has 4 aromatic heterocycles. The predicted molar refractivity (Wildman–Crippen MR) is 211 cm³/mol. The molecule has 51 heavy (non-hydrogen) atoms. The van der Waals surface area contributed by atoms with Crippen molar-refractivity contribution in [3.8, 4) is 39.9 Å². The van der Waals surface area contributed by atoms with E-state index < -0.39 is 0 Å². The number of para-hydroxylation sites is 3. The first-order valence-electron chi connectivity index (χ1n) is 16.9. The Morgan fingerprint density at radius 1 is 0.392 bits per heavy atom. The maximum Gasteiger partial charge on any atom is 0.164 e. The van der Waals surface area contributed by atoms with E-state index in [1.165, 1.54) is 30.9 Å². The van der Waals surface area contributed by atoms with E-state index in [2.05, 4.69) is 138 Å². The van der Waals surface area contributed by atoms with Crippen LogP contribution < -0.4 is 0 Å². The van der Waals surface area contributed by atoms with Crippen molar-refractivity contribution >= 4 is 75.3 Å². The van der Waals surface area contributed by atoms with Gasteiger partial charge in [0.25, 0.3) is 0 Å². The van der Waals surface area contributed by atoms with E-state index >= 15 is 0 Å². The average molecular weight is 671 g/mol. The molecule has 0 bridgehead atoms. The molecule has 0 atom stereocenters. The van der Waals surface area contributed by atoms with E-state index in [4.69, 9.17) is 19.4 Å². The van der Waals surface area contributed by atoms with E-state index in [1.54, 1.807) is 11.3 Å². The Bertz CT molecular complexity index is 2980. The van der Waals surface area contributed by atoms with E-state index in [9.17, 15) is 0 Å². The highest BCUT2D eigenvalue weighted by Gasteiger charge is 2.17. The maximum atomic E-state index is 6.28.